The van der Waals surface area contributed by atoms with Crippen LogP contribution in [0.1, 0.15) is 37.8 Å². The molecular formula is C14H21N3O. The summed E-state index contributed by atoms with van der Waals surface area (Å²) in [6, 6.07) is 3.91. The lowest BCUT2D eigenvalue weighted by molar-refractivity contribution is -0.122. The van der Waals surface area contributed by atoms with Crippen LogP contribution >= 0.6 is 0 Å². The summed E-state index contributed by atoms with van der Waals surface area (Å²) in [5.41, 5.74) is 1.05. The SMILES string of the molecule is C[C@@H](NC(=O)CC1CCCNC1)c1cccnc1. The molecular weight excluding hydrogens is 226 g/mol. The predicted molar refractivity (Wildman–Crippen MR) is 71.0 cm³/mol. The van der Waals surface area contributed by atoms with Gasteiger partial charge in [0, 0.05) is 18.8 Å². The number of nitrogens with zero attached hydrogens (tertiary/aromatic N) is 1. The van der Waals surface area contributed by atoms with Crippen LogP contribution in [0, 0.1) is 5.92 Å². The Hall–Kier alpha value is -1.42. The average Bonchev–Trinajstić information content (AvgIpc) is 2.40. The van der Waals surface area contributed by atoms with E-state index in [0.29, 0.717) is 12.3 Å². The molecule has 2 heterocycles. The third-order valence-corrected chi connectivity index (χ3v) is 3.43. The molecule has 1 unspecified atom stereocenters. The summed E-state index contributed by atoms with van der Waals surface area (Å²) in [5, 5.41) is 6.37. The molecule has 1 aromatic rings. The Labute approximate surface area is 108 Å². The highest BCUT2D eigenvalue weighted by Crippen LogP contribution is 2.15. The second-order valence-electron chi connectivity index (χ2n) is 4.99. The van der Waals surface area contributed by atoms with E-state index in [4.69, 9.17) is 0 Å². The zero-order valence-electron chi connectivity index (χ0n) is 10.9. The minimum Gasteiger partial charge on any atom is -0.350 e. The highest BCUT2D eigenvalue weighted by Gasteiger charge is 2.18. The summed E-state index contributed by atoms with van der Waals surface area (Å²) in [7, 11) is 0. The highest BCUT2D eigenvalue weighted by atomic mass is 16.1. The lowest BCUT2D eigenvalue weighted by Crippen LogP contribution is -2.35. The van der Waals surface area contributed by atoms with Crippen LogP contribution < -0.4 is 10.6 Å². The van der Waals surface area contributed by atoms with Crippen LogP contribution in [-0.2, 0) is 4.79 Å². The first-order chi connectivity index (χ1) is 8.75. The van der Waals surface area contributed by atoms with Crippen LogP contribution in [0.3, 0.4) is 0 Å². The molecule has 98 valence electrons. The van der Waals surface area contributed by atoms with E-state index in [2.05, 4.69) is 15.6 Å². The number of aromatic nitrogens is 1. The number of pyridine rings is 1. The molecule has 0 aromatic carbocycles. The van der Waals surface area contributed by atoms with E-state index in [1.807, 2.05) is 19.1 Å². The quantitative estimate of drug-likeness (QED) is 0.850. The van der Waals surface area contributed by atoms with Crippen LogP contribution in [0.15, 0.2) is 24.5 Å². The first-order valence-electron chi connectivity index (χ1n) is 6.65. The Bertz CT molecular complexity index is 374. The second-order valence-corrected chi connectivity index (χ2v) is 4.99. The van der Waals surface area contributed by atoms with Gasteiger partial charge < -0.3 is 10.6 Å². The van der Waals surface area contributed by atoms with E-state index in [9.17, 15) is 4.79 Å². The maximum absolute atomic E-state index is 11.9. The monoisotopic (exact) mass is 247 g/mol. The molecule has 4 heteroatoms. The predicted octanol–water partition coefficient (Wildman–Crippen LogP) is 1.65. The Morgan fingerprint density at radius 2 is 2.56 bits per heavy atom. The van der Waals surface area contributed by atoms with E-state index in [1.54, 1.807) is 12.4 Å². The fourth-order valence-corrected chi connectivity index (χ4v) is 2.38. The van der Waals surface area contributed by atoms with Crippen LogP contribution in [0.5, 0.6) is 0 Å². The van der Waals surface area contributed by atoms with Crippen molar-refractivity contribution in [2.45, 2.75) is 32.2 Å². The van der Waals surface area contributed by atoms with Gasteiger partial charge in [-0.15, -0.1) is 0 Å². The minimum atomic E-state index is 0.0303. The molecule has 1 aliphatic heterocycles. The Morgan fingerprint density at radius 1 is 1.67 bits per heavy atom. The van der Waals surface area contributed by atoms with E-state index >= 15 is 0 Å². The average molecular weight is 247 g/mol. The maximum atomic E-state index is 11.9. The van der Waals surface area contributed by atoms with Gasteiger partial charge in [-0.1, -0.05) is 6.07 Å². The van der Waals surface area contributed by atoms with E-state index in [1.165, 1.54) is 6.42 Å². The largest absolute Gasteiger partial charge is 0.350 e. The first-order valence-corrected chi connectivity index (χ1v) is 6.65. The van der Waals surface area contributed by atoms with Gasteiger partial charge in [-0.3, -0.25) is 9.78 Å². The maximum Gasteiger partial charge on any atom is 0.220 e. The molecule has 0 aliphatic carbocycles. The van der Waals surface area contributed by atoms with Gasteiger partial charge in [0.25, 0.3) is 0 Å². The minimum absolute atomic E-state index is 0.0303. The van der Waals surface area contributed by atoms with Crippen molar-refractivity contribution in [1.82, 2.24) is 15.6 Å². The summed E-state index contributed by atoms with van der Waals surface area (Å²) in [6.45, 7) is 4.05. The molecule has 0 spiro atoms. The van der Waals surface area contributed by atoms with Gasteiger partial charge in [0.15, 0.2) is 0 Å². The molecule has 0 saturated carbocycles. The summed E-state index contributed by atoms with van der Waals surface area (Å²) in [5.74, 6) is 0.625. The van der Waals surface area contributed by atoms with Crippen LogP contribution in [-0.4, -0.2) is 24.0 Å². The van der Waals surface area contributed by atoms with E-state index in [0.717, 1.165) is 25.1 Å². The van der Waals surface area contributed by atoms with Gasteiger partial charge in [0.1, 0.15) is 0 Å². The summed E-state index contributed by atoms with van der Waals surface area (Å²) in [6.07, 6.45) is 6.49. The number of rotatable bonds is 4. The summed E-state index contributed by atoms with van der Waals surface area (Å²) in [4.78, 5) is 16.0. The van der Waals surface area contributed by atoms with Crippen molar-refractivity contribution >= 4 is 5.91 Å². The molecule has 2 atom stereocenters. The molecule has 1 amide bonds. The fraction of sp³-hybridized carbons (Fsp3) is 0.571. The van der Waals surface area contributed by atoms with Gasteiger partial charge in [-0.05, 0) is 50.4 Å². The molecule has 0 bridgehead atoms. The Balaban J connectivity index is 1.80. The van der Waals surface area contributed by atoms with Crippen molar-refractivity contribution in [2.75, 3.05) is 13.1 Å². The third kappa shape index (κ3) is 3.81. The van der Waals surface area contributed by atoms with E-state index in [-0.39, 0.29) is 11.9 Å². The molecule has 1 aromatic heterocycles. The smallest absolute Gasteiger partial charge is 0.220 e. The number of piperidine rings is 1. The zero-order chi connectivity index (χ0) is 12.8. The van der Waals surface area contributed by atoms with Gasteiger partial charge in [-0.2, -0.15) is 0 Å². The standard InChI is InChI=1S/C14H21N3O/c1-11(13-5-3-7-16-10-13)17-14(18)8-12-4-2-6-15-9-12/h3,5,7,10-12,15H,2,4,6,8-9H2,1H3,(H,17,18)/t11-,12?/m1/s1. The molecule has 0 radical (unpaired) electrons. The number of carbonyl (C=O) groups excluding carboxylic acids is 1. The lowest BCUT2D eigenvalue weighted by atomic mass is 9.95. The van der Waals surface area contributed by atoms with Crippen molar-refractivity contribution in [3.05, 3.63) is 30.1 Å². The van der Waals surface area contributed by atoms with Crippen molar-refractivity contribution in [3.8, 4) is 0 Å². The highest BCUT2D eigenvalue weighted by molar-refractivity contribution is 5.76. The lowest BCUT2D eigenvalue weighted by Gasteiger charge is -2.23. The van der Waals surface area contributed by atoms with Crippen molar-refractivity contribution < 1.29 is 4.79 Å². The van der Waals surface area contributed by atoms with Crippen LogP contribution in [0.2, 0.25) is 0 Å². The number of hydrogen-bond donors (Lipinski definition) is 2. The molecule has 4 nitrogen and oxygen atoms in total. The second kappa shape index (κ2) is 6.50. The number of nitrogens with one attached hydrogen (secondary N) is 2. The van der Waals surface area contributed by atoms with Crippen molar-refractivity contribution in [1.29, 1.82) is 0 Å². The first kappa shape index (κ1) is 13.0. The van der Waals surface area contributed by atoms with Gasteiger partial charge in [0.05, 0.1) is 6.04 Å². The van der Waals surface area contributed by atoms with E-state index < -0.39 is 0 Å². The molecule has 2 N–H and O–H groups in total. The third-order valence-electron chi connectivity index (χ3n) is 3.43. The van der Waals surface area contributed by atoms with Crippen LogP contribution in [0.4, 0.5) is 0 Å². The zero-order valence-corrected chi connectivity index (χ0v) is 10.9. The summed E-state index contributed by atoms with van der Waals surface area (Å²) >= 11 is 0. The summed E-state index contributed by atoms with van der Waals surface area (Å²) < 4.78 is 0. The molecule has 2 rings (SSSR count). The molecule has 1 saturated heterocycles. The van der Waals surface area contributed by atoms with Crippen LogP contribution in [0.25, 0.3) is 0 Å². The Morgan fingerprint density at radius 3 is 3.22 bits per heavy atom. The number of hydrogen-bond acceptors (Lipinski definition) is 3. The van der Waals surface area contributed by atoms with Crippen molar-refractivity contribution in [3.63, 3.8) is 0 Å². The van der Waals surface area contributed by atoms with Crippen molar-refractivity contribution in [2.24, 2.45) is 5.92 Å². The molecule has 1 fully saturated rings. The normalized spacial score (nSPS) is 21.3. The van der Waals surface area contributed by atoms with Gasteiger partial charge in [-0.25, -0.2) is 0 Å². The molecule has 1 aliphatic rings. The molecule has 18 heavy (non-hydrogen) atoms. The number of carbonyl (C=O) groups is 1. The fourth-order valence-electron chi connectivity index (χ4n) is 2.38. The van der Waals surface area contributed by atoms with Gasteiger partial charge >= 0.3 is 0 Å². The number of amides is 1. The topological polar surface area (TPSA) is 54.0 Å². The Kier molecular flexibility index (Phi) is 4.70. The van der Waals surface area contributed by atoms with Gasteiger partial charge in [0.2, 0.25) is 5.91 Å².